The molecule has 0 saturated carbocycles. The van der Waals surface area contributed by atoms with Crippen LogP contribution in [-0.2, 0) is 14.3 Å². The van der Waals surface area contributed by atoms with Gasteiger partial charge in [0.25, 0.3) is 0 Å². The lowest BCUT2D eigenvalue weighted by atomic mass is 9.70. The maximum atomic E-state index is 13.5. The van der Waals surface area contributed by atoms with Crippen molar-refractivity contribution in [1.29, 1.82) is 5.26 Å². The van der Waals surface area contributed by atoms with Gasteiger partial charge in [0.05, 0.1) is 20.1 Å². The number of nitriles is 1. The summed E-state index contributed by atoms with van der Waals surface area (Å²) in [6, 6.07) is 17.7. The SMILES string of the molecule is COc1ccc(C2C(C#N)=C(NC3=CC(=O)CC(c4ccccc4)C3)OC3=C2C(=O)CC(C)(C)C3)cc1OC. The lowest BCUT2D eigenvalue weighted by Gasteiger charge is -2.38. The molecule has 1 N–H and O–H groups in total. The number of rotatable bonds is 6. The molecule has 1 heterocycles. The van der Waals surface area contributed by atoms with Crippen LogP contribution in [0.15, 0.2) is 83.1 Å². The van der Waals surface area contributed by atoms with Crippen molar-refractivity contribution in [3.63, 3.8) is 0 Å². The predicted molar refractivity (Wildman–Crippen MR) is 146 cm³/mol. The molecule has 2 aromatic rings. The first-order valence-electron chi connectivity index (χ1n) is 13.1. The summed E-state index contributed by atoms with van der Waals surface area (Å²) in [5.74, 6) is 1.22. The van der Waals surface area contributed by atoms with Crippen molar-refractivity contribution in [1.82, 2.24) is 5.32 Å². The molecule has 3 aliphatic rings. The van der Waals surface area contributed by atoms with E-state index in [1.807, 2.05) is 50.2 Å². The van der Waals surface area contributed by atoms with Gasteiger partial charge >= 0.3 is 0 Å². The molecule has 0 radical (unpaired) electrons. The minimum absolute atomic E-state index is 0.0119. The van der Waals surface area contributed by atoms with Crippen LogP contribution in [0.3, 0.4) is 0 Å². The summed E-state index contributed by atoms with van der Waals surface area (Å²) in [5, 5.41) is 13.7. The quantitative estimate of drug-likeness (QED) is 0.509. The maximum absolute atomic E-state index is 13.5. The van der Waals surface area contributed by atoms with E-state index in [1.165, 1.54) is 0 Å². The number of Topliss-reactive ketones (excluding diaryl/α,β-unsaturated/α-hetero) is 1. The first kappa shape index (κ1) is 26.3. The van der Waals surface area contributed by atoms with Crippen molar-refractivity contribution in [3.8, 4) is 17.6 Å². The highest BCUT2D eigenvalue weighted by Gasteiger charge is 2.44. The Labute approximate surface area is 228 Å². The average Bonchev–Trinajstić information content (AvgIpc) is 2.91. The fourth-order valence-corrected chi connectivity index (χ4v) is 5.80. The highest BCUT2D eigenvalue weighted by molar-refractivity contribution is 6.00. The lowest BCUT2D eigenvalue weighted by Crippen LogP contribution is -2.35. The smallest absolute Gasteiger partial charge is 0.211 e. The van der Waals surface area contributed by atoms with Gasteiger partial charge in [-0.3, -0.25) is 9.59 Å². The average molecular weight is 525 g/mol. The third kappa shape index (κ3) is 5.20. The van der Waals surface area contributed by atoms with Crippen molar-refractivity contribution in [3.05, 3.63) is 94.2 Å². The van der Waals surface area contributed by atoms with Crippen molar-refractivity contribution in [2.24, 2.45) is 5.41 Å². The predicted octanol–water partition coefficient (Wildman–Crippen LogP) is 5.82. The summed E-state index contributed by atoms with van der Waals surface area (Å²) in [6.45, 7) is 4.07. The number of nitrogens with zero attached hydrogens (tertiary/aromatic N) is 1. The molecule has 0 spiro atoms. The molecule has 200 valence electrons. The Kier molecular flexibility index (Phi) is 7.05. The summed E-state index contributed by atoms with van der Waals surface area (Å²) in [7, 11) is 3.11. The molecular weight excluding hydrogens is 492 g/mol. The van der Waals surface area contributed by atoms with Gasteiger partial charge in [0.1, 0.15) is 17.4 Å². The number of hydrogen-bond donors (Lipinski definition) is 1. The molecule has 0 saturated heterocycles. The van der Waals surface area contributed by atoms with E-state index in [-0.39, 0.29) is 34.4 Å². The zero-order valence-electron chi connectivity index (χ0n) is 22.7. The van der Waals surface area contributed by atoms with E-state index in [1.54, 1.807) is 32.4 Å². The number of ether oxygens (including phenoxy) is 3. The monoisotopic (exact) mass is 524 g/mol. The Hall–Kier alpha value is -4.31. The highest BCUT2D eigenvalue weighted by atomic mass is 16.5. The van der Waals surface area contributed by atoms with Crippen molar-refractivity contribution in [2.45, 2.75) is 51.4 Å². The standard InChI is InChI=1S/C32H32N2O5/c1-32(2)16-25(36)30-28(17-32)39-31(24(18-33)29(30)20-10-11-26(37-3)27(14-20)38-4)34-22-12-21(13-23(35)15-22)19-8-6-5-7-9-19/h5-11,14-15,21,29,34H,12-13,16-17H2,1-4H3. The van der Waals surface area contributed by atoms with Gasteiger partial charge in [-0.05, 0) is 41.0 Å². The van der Waals surface area contributed by atoms with Crippen LogP contribution in [0.4, 0.5) is 0 Å². The van der Waals surface area contributed by atoms with Gasteiger partial charge < -0.3 is 19.5 Å². The molecule has 7 heteroatoms. The lowest BCUT2D eigenvalue weighted by molar-refractivity contribution is -0.119. The second kappa shape index (κ2) is 10.5. The van der Waals surface area contributed by atoms with E-state index in [9.17, 15) is 14.9 Å². The van der Waals surface area contributed by atoms with E-state index in [2.05, 4.69) is 11.4 Å². The Morgan fingerprint density at radius 3 is 2.41 bits per heavy atom. The van der Waals surface area contributed by atoms with E-state index < -0.39 is 5.92 Å². The van der Waals surface area contributed by atoms with Crippen LogP contribution in [0.1, 0.15) is 62.5 Å². The first-order chi connectivity index (χ1) is 18.7. The van der Waals surface area contributed by atoms with Gasteiger partial charge in [-0.15, -0.1) is 0 Å². The molecular formula is C32H32N2O5. The zero-order chi connectivity index (χ0) is 27.7. The van der Waals surface area contributed by atoms with Crippen molar-refractivity contribution < 1.29 is 23.8 Å². The molecule has 0 aromatic heterocycles. The number of benzene rings is 2. The summed E-state index contributed by atoms with van der Waals surface area (Å²) in [4.78, 5) is 26.2. The molecule has 0 fully saturated rings. The van der Waals surface area contributed by atoms with Gasteiger partial charge in [0.2, 0.25) is 5.88 Å². The van der Waals surface area contributed by atoms with E-state index in [0.717, 1.165) is 11.1 Å². The molecule has 0 amide bonds. The summed E-state index contributed by atoms with van der Waals surface area (Å²) in [5.41, 5.74) is 2.99. The van der Waals surface area contributed by atoms with Crippen molar-refractivity contribution in [2.75, 3.05) is 14.2 Å². The molecule has 39 heavy (non-hydrogen) atoms. The van der Waals surface area contributed by atoms with Gasteiger partial charge in [-0.2, -0.15) is 5.26 Å². The van der Waals surface area contributed by atoms with Crippen LogP contribution >= 0.6 is 0 Å². The number of methoxy groups -OCH3 is 2. The molecule has 0 bridgehead atoms. The number of nitrogens with one attached hydrogen (secondary N) is 1. The second-order valence-corrected chi connectivity index (χ2v) is 11.1. The van der Waals surface area contributed by atoms with Crippen LogP contribution < -0.4 is 14.8 Å². The van der Waals surface area contributed by atoms with Gasteiger partial charge in [-0.1, -0.05) is 50.2 Å². The molecule has 1 aliphatic heterocycles. The molecule has 2 aliphatic carbocycles. The largest absolute Gasteiger partial charge is 0.493 e. The topological polar surface area (TPSA) is 97.6 Å². The normalized spacial score (nSPS) is 22.4. The molecule has 2 aromatic carbocycles. The highest BCUT2D eigenvalue weighted by Crippen LogP contribution is 2.49. The Balaban J connectivity index is 1.57. The fraction of sp³-hybridized carbons (Fsp3) is 0.344. The zero-order valence-corrected chi connectivity index (χ0v) is 22.7. The molecule has 2 unspecified atom stereocenters. The summed E-state index contributed by atoms with van der Waals surface area (Å²) < 4.78 is 17.3. The van der Waals surface area contributed by atoms with Crippen molar-refractivity contribution >= 4 is 11.6 Å². The third-order valence-corrected chi connectivity index (χ3v) is 7.58. The minimum Gasteiger partial charge on any atom is -0.493 e. The van der Waals surface area contributed by atoms with Gasteiger partial charge in [0, 0.05) is 36.6 Å². The van der Waals surface area contributed by atoms with Crippen LogP contribution in [0.5, 0.6) is 11.5 Å². The second-order valence-electron chi connectivity index (χ2n) is 11.1. The van der Waals surface area contributed by atoms with Gasteiger partial charge in [0.15, 0.2) is 23.1 Å². The first-order valence-corrected chi connectivity index (χ1v) is 13.1. The fourth-order valence-electron chi connectivity index (χ4n) is 5.80. The van der Waals surface area contributed by atoms with Crippen LogP contribution in [-0.4, -0.2) is 25.8 Å². The summed E-state index contributed by atoms with van der Waals surface area (Å²) in [6.07, 6.45) is 3.52. The van der Waals surface area contributed by atoms with Gasteiger partial charge in [-0.25, -0.2) is 0 Å². The molecule has 2 atom stereocenters. The number of allylic oxidation sites excluding steroid dienone is 5. The molecule has 7 nitrogen and oxygen atoms in total. The maximum Gasteiger partial charge on any atom is 0.211 e. The Bertz CT molecular complexity index is 1460. The molecule has 5 rings (SSSR count). The number of carbonyl (C=O) groups excluding carboxylic acids is 2. The summed E-state index contributed by atoms with van der Waals surface area (Å²) >= 11 is 0. The number of ketones is 2. The van der Waals surface area contributed by atoms with E-state index >= 15 is 0 Å². The van der Waals surface area contributed by atoms with Crippen LogP contribution in [0.2, 0.25) is 0 Å². The van der Waals surface area contributed by atoms with Crippen LogP contribution in [0.25, 0.3) is 0 Å². The Morgan fingerprint density at radius 1 is 0.974 bits per heavy atom. The van der Waals surface area contributed by atoms with E-state index in [0.29, 0.717) is 54.2 Å². The Morgan fingerprint density at radius 2 is 1.72 bits per heavy atom. The number of carbonyl (C=O) groups is 2. The van der Waals surface area contributed by atoms with Crippen LogP contribution in [0, 0.1) is 16.7 Å². The number of hydrogen-bond acceptors (Lipinski definition) is 7. The minimum atomic E-state index is -0.644. The van der Waals surface area contributed by atoms with E-state index in [4.69, 9.17) is 14.2 Å². The third-order valence-electron chi connectivity index (χ3n) is 7.58.